The van der Waals surface area contributed by atoms with E-state index in [4.69, 9.17) is 4.99 Å². The molecule has 8 heteroatoms. The maximum atomic E-state index is 4.71. The lowest BCUT2D eigenvalue weighted by Crippen LogP contribution is -2.36. The quantitative estimate of drug-likeness (QED) is 0.288. The first-order chi connectivity index (χ1) is 13.1. The van der Waals surface area contributed by atoms with E-state index in [1.54, 1.807) is 11.3 Å². The van der Waals surface area contributed by atoms with Gasteiger partial charge in [0.15, 0.2) is 5.96 Å². The average Bonchev–Trinajstić information content (AvgIpc) is 3.26. The Morgan fingerprint density at radius 2 is 2.00 bits per heavy atom. The molecule has 0 fully saturated rings. The van der Waals surface area contributed by atoms with E-state index in [1.807, 2.05) is 25.5 Å². The van der Waals surface area contributed by atoms with Gasteiger partial charge in [-0.05, 0) is 31.9 Å². The van der Waals surface area contributed by atoms with Gasteiger partial charge < -0.3 is 15.2 Å². The van der Waals surface area contributed by atoms with Gasteiger partial charge in [-0.3, -0.25) is 0 Å². The van der Waals surface area contributed by atoms with Crippen molar-refractivity contribution in [2.45, 2.75) is 40.4 Å². The van der Waals surface area contributed by atoms with Gasteiger partial charge in [-0.25, -0.2) is 15.0 Å². The molecule has 0 aliphatic rings. The molecule has 0 amide bonds. The van der Waals surface area contributed by atoms with Crippen LogP contribution >= 0.6 is 35.3 Å². The summed E-state index contributed by atoms with van der Waals surface area (Å²) >= 11 is 1.70. The number of imidazole rings is 1. The molecule has 3 rings (SSSR count). The minimum Gasteiger partial charge on any atom is -0.357 e. The largest absolute Gasteiger partial charge is 0.357 e. The molecule has 2 aromatic heterocycles. The number of guanidine groups is 1. The highest BCUT2D eigenvalue weighted by atomic mass is 127. The van der Waals surface area contributed by atoms with Crippen LogP contribution in [0, 0.1) is 13.8 Å². The van der Waals surface area contributed by atoms with Crippen molar-refractivity contribution < 1.29 is 0 Å². The Bertz CT molecular complexity index is 902. The summed E-state index contributed by atoms with van der Waals surface area (Å²) in [6.07, 6.45) is 5.74. The second-order valence-electron chi connectivity index (χ2n) is 6.34. The number of rotatable bonds is 7. The highest BCUT2D eigenvalue weighted by Gasteiger charge is 2.03. The van der Waals surface area contributed by atoms with Gasteiger partial charge in [0.2, 0.25) is 0 Å². The SMILES string of the molecule is CCNC(=NCc1cccc(Cn2ccnc2C)c1)NCc1ncc(C)s1.I. The van der Waals surface area contributed by atoms with Crippen LogP contribution in [-0.2, 0) is 19.6 Å². The summed E-state index contributed by atoms with van der Waals surface area (Å²) in [4.78, 5) is 14.6. The number of thiazole rings is 1. The maximum absolute atomic E-state index is 4.71. The van der Waals surface area contributed by atoms with E-state index in [-0.39, 0.29) is 24.0 Å². The van der Waals surface area contributed by atoms with Crippen molar-refractivity contribution in [3.8, 4) is 0 Å². The third-order valence-corrected chi connectivity index (χ3v) is 5.02. The van der Waals surface area contributed by atoms with E-state index >= 15 is 0 Å². The molecule has 3 aromatic rings. The molecular formula is C20H27IN6S. The Kier molecular flexibility index (Phi) is 8.91. The van der Waals surface area contributed by atoms with Crippen LogP contribution in [0.2, 0.25) is 0 Å². The highest BCUT2D eigenvalue weighted by molar-refractivity contribution is 14.0. The molecule has 2 heterocycles. The molecule has 0 bridgehead atoms. The monoisotopic (exact) mass is 510 g/mol. The van der Waals surface area contributed by atoms with Gasteiger partial charge in [0.1, 0.15) is 10.8 Å². The zero-order valence-corrected chi connectivity index (χ0v) is 19.6. The number of hydrogen-bond donors (Lipinski definition) is 2. The van der Waals surface area contributed by atoms with Crippen LogP contribution in [0.5, 0.6) is 0 Å². The molecule has 0 aliphatic heterocycles. The van der Waals surface area contributed by atoms with Crippen LogP contribution in [0.25, 0.3) is 0 Å². The number of nitrogens with zero attached hydrogens (tertiary/aromatic N) is 4. The summed E-state index contributed by atoms with van der Waals surface area (Å²) in [5, 5.41) is 7.71. The molecule has 0 atom stereocenters. The van der Waals surface area contributed by atoms with Gasteiger partial charge in [0, 0.05) is 36.6 Å². The van der Waals surface area contributed by atoms with E-state index in [1.165, 1.54) is 16.0 Å². The first kappa shape index (κ1) is 22.4. The minimum atomic E-state index is 0. The Morgan fingerprint density at radius 1 is 1.18 bits per heavy atom. The first-order valence-electron chi connectivity index (χ1n) is 9.13. The summed E-state index contributed by atoms with van der Waals surface area (Å²) in [6, 6.07) is 8.55. The molecule has 0 radical (unpaired) electrons. The number of hydrogen-bond acceptors (Lipinski definition) is 4. The van der Waals surface area contributed by atoms with E-state index < -0.39 is 0 Å². The molecule has 150 valence electrons. The van der Waals surface area contributed by atoms with Gasteiger partial charge in [-0.2, -0.15) is 0 Å². The zero-order valence-electron chi connectivity index (χ0n) is 16.5. The van der Waals surface area contributed by atoms with Crippen molar-refractivity contribution in [3.05, 3.63) is 69.7 Å². The Balaban J connectivity index is 0.00000280. The van der Waals surface area contributed by atoms with E-state index in [0.717, 1.165) is 29.9 Å². The normalized spacial score (nSPS) is 11.2. The van der Waals surface area contributed by atoms with Crippen LogP contribution in [0.1, 0.15) is 33.8 Å². The lowest BCUT2D eigenvalue weighted by molar-refractivity contribution is 0.760. The van der Waals surface area contributed by atoms with E-state index in [0.29, 0.717) is 13.1 Å². The predicted molar refractivity (Wildman–Crippen MR) is 126 cm³/mol. The summed E-state index contributed by atoms with van der Waals surface area (Å²) in [7, 11) is 0. The van der Waals surface area contributed by atoms with Crippen LogP contribution in [0.15, 0.2) is 47.8 Å². The van der Waals surface area contributed by atoms with Crippen LogP contribution < -0.4 is 10.6 Å². The molecule has 28 heavy (non-hydrogen) atoms. The number of aromatic nitrogens is 3. The third-order valence-electron chi connectivity index (χ3n) is 4.11. The Hall–Kier alpha value is -1.94. The first-order valence-corrected chi connectivity index (χ1v) is 9.94. The van der Waals surface area contributed by atoms with Crippen LogP contribution in [-0.4, -0.2) is 27.0 Å². The molecule has 0 spiro atoms. The lowest BCUT2D eigenvalue weighted by atomic mass is 10.1. The fourth-order valence-corrected chi connectivity index (χ4v) is 3.48. The molecule has 0 unspecified atom stereocenters. The Morgan fingerprint density at radius 3 is 2.68 bits per heavy atom. The van der Waals surface area contributed by atoms with Gasteiger partial charge in [-0.1, -0.05) is 24.3 Å². The number of benzene rings is 1. The second kappa shape index (κ2) is 11.2. The number of halogens is 1. The van der Waals surface area contributed by atoms with E-state index in [2.05, 4.69) is 63.3 Å². The van der Waals surface area contributed by atoms with Crippen molar-refractivity contribution in [2.75, 3.05) is 6.54 Å². The van der Waals surface area contributed by atoms with Crippen molar-refractivity contribution in [3.63, 3.8) is 0 Å². The standard InChI is InChI=1S/C20H26N6S.HI/c1-4-21-20(25-13-19-23-11-15(2)27-19)24-12-17-6-5-7-18(10-17)14-26-9-8-22-16(26)3;/h5-11H,4,12-14H2,1-3H3,(H2,21,24,25);1H. The van der Waals surface area contributed by atoms with Gasteiger partial charge in [0.25, 0.3) is 0 Å². The van der Waals surface area contributed by atoms with Gasteiger partial charge >= 0.3 is 0 Å². The summed E-state index contributed by atoms with van der Waals surface area (Å²) in [5.74, 6) is 1.83. The molecule has 6 nitrogen and oxygen atoms in total. The van der Waals surface area contributed by atoms with Crippen molar-refractivity contribution in [2.24, 2.45) is 4.99 Å². The molecule has 0 saturated carbocycles. The predicted octanol–water partition coefficient (Wildman–Crippen LogP) is 3.88. The van der Waals surface area contributed by atoms with Crippen molar-refractivity contribution >= 4 is 41.3 Å². The molecule has 0 aliphatic carbocycles. The third kappa shape index (κ3) is 6.59. The Labute approximate surface area is 187 Å². The molecular weight excluding hydrogens is 483 g/mol. The number of aryl methyl sites for hydroxylation is 2. The van der Waals surface area contributed by atoms with Gasteiger partial charge in [-0.15, -0.1) is 35.3 Å². The van der Waals surface area contributed by atoms with Crippen LogP contribution in [0.4, 0.5) is 0 Å². The fourth-order valence-electron chi connectivity index (χ4n) is 2.75. The topological polar surface area (TPSA) is 67.1 Å². The van der Waals surface area contributed by atoms with Crippen molar-refractivity contribution in [1.82, 2.24) is 25.2 Å². The zero-order chi connectivity index (χ0) is 19.1. The molecule has 2 N–H and O–H groups in total. The number of nitrogens with one attached hydrogen (secondary N) is 2. The number of aliphatic imine (C=N–C) groups is 1. The van der Waals surface area contributed by atoms with E-state index in [9.17, 15) is 0 Å². The minimum absolute atomic E-state index is 0. The molecule has 1 aromatic carbocycles. The van der Waals surface area contributed by atoms with Crippen molar-refractivity contribution in [1.29, 1.82) is 0 Å². The van der Waals surface area contributed by atoms with Gasteiger partial charge in [0.05, 0.1) is 13.1 Å². The summed E-state index contributed by atoms with van der Waals surface area (Å²) in [5.41, 5.74) is 2.44. The second-order valence-corrected chi connectivity index (χ2v) is 7.65. The summed E-state index contributed by atoms with van der Waals surface area (Å²) in [6.45, 7) is 9.12. The fraction of sp³-hybridized carbons (Fsp3) is 0.350. The van der Waals surface area contributed by atoms with Crippen LogP contribution in [0.3, 0.4) is 0 Å². The average molecular weight is 510 g/mol. The maximum Gasteiger partial charge on any atom is 0.191 e. The summed E-state index contributed by atoms with van der Waals surface area (Å²) < 4.78 is 2.14. The highest BCUT2D eigenvalue weighted by Crippen LogP contribution is 2.11. The lowest BCUT2D eigenvalue weighted by Gasteiger charge is -2.11. The smallest absolute Gasteiger partial charge is 0.191 e. The molecule has 0 saturated heterocycles.